The minimum Gasteiger partial charge on any atom is -0.280 e. The van der Waals surface area contributed by atoms with Crippen molar-refractivity contribution in [3.63, 3.8) is 0 Å². The summed E-state index contributed by atoms with van der Waals surface area (Å²) >= 11 is 0. The highest BCUT2D eigenvalue weighted by molar-refractivity contribution is 5.24. The van der Waals surface area contributed by atoms with Gasteiger partial charge in [-0.15, -0.1) is 0 Å². The van der Waals surface area contributed by atoms with Gasteiger partial charge in [-0.3, -0.25) is 9.80 Å². The normalized spacial score (nSPS) is 18.1. The summed E-state index contributed by atoms with van der Waals surface area (Å²) in [4.78, 5) is 4.85. The highest BCUT2D eigenvalue weighted by Crippen LogP contribution is 2.32. The largest absolute Gasteiger partial charge is 0.280 e. The van der Waals surface area contributed by atoms with E-state index >= 15 is 0 Å². The first-order valence-corrected chi connectivity index (χ1v) is 10.1. The number of rotatable bonds is 5. The first-order chi connectivity index (χ1) is 14.1. The second kappa shape index (κ2) is 8.85. The molecule has 3 aromatic carbocycles. The number of benzene rings is 3. The van der Waals surface area contributed by atoms with Gasteiger partial charge in [-0.1, -0.05) is 54.1 Å². The van der Waals surface area contributed by atoms with Gasteiger partial charge in [-0.2, -0.15) is 0 Å². The van der Waals surface area contributed by atoms with Gasteiger partial charge in [-0.25, -0.2) is 8.78 Å². The summed E-state index contributed by atoms with van der Waals surface area (Å²) in [5.74, 6) is -0.441. The molecule has 150 valence electrons. The topological polar surface area (TPSA) is 6.48 Å². The van der Waals surface area contributed by atoms with Gasteiger partial charge in [0.05, 0.1) is 6.17 Å². The van der Waals surface area contributed by atoms with Crippen molar-refractivity contribution < 1.29 is 8.78 Å². The number of hydrogen-bond donors (Lipinski definition) is 0. The van der Waals surface area contributed by atoms with Crippen molar-refractivity contribution in [2.45, 2.75) is 32.6 Å². The van der Waals surface area contributed by atoms with E-state index in [1.807, 2.05) is 24.3 Å². The quantitative estimate of drug-likeness (QED) is 0.551. The fraction of sp³-hybridized carbons (Fsp3) is 0.280. The zero-order valence-electron chi connectivity index (χ0n) is 16.7. The standard InChI is InChI=1S/C25H26F2N2/c1-19-3-5-20(6-4-19)17-28-15-2-16-29(18-21-7-11-23(26)12-8-21)25(28)22-9-13-24(27)14-10-22/h3-14,25H,2,15-18H2,1H3. The highest BCUT2D eigenvalue weighted by Gasteiger charge is 2.30. The van der Waals surface area contributed by atoms with Crippen molar-refractivity contribution in [3.05, 3.63) is 107 Å². The molecule has 29 heavy (non-hydrogen) atoms. The molecule has 3 aromatic rings. The molecule has 0 amide bonds. The van der Waals surface area contributed by atoms with Crippen molar-refractivity contribution in [3.8, 4) is 0 Å². The molecule has 0 aromatic heterocycles. The third kappa shape index (κ3) is 4.89. The molecule has 4 heteroatoms. The minimum atomic E-state index is -0.222. The maximum absolute atomic E-state index is 13.6. The lowest BCUT2D eigenvalue weighted by Gasteiger charge is -2.44. The van der Waals surface area contributed by atoms with Crippen LogP contribution in [0.4, 0.5) is 8.78 Å². The van der Waals surface area contributed by atoms with Crippen LogP contribution in [0.1, 0.15) is 34.8 Å². The molecule has 1 aliphatic heterocycles. The first kappa shape index (κ1) is 19.7. The second-order valence-corrected chi connectivity index (χ2v) is 7.83. The average molecular weight is 392 g/mol. The Bertz CT molecular complexity index is 865. The summed E-state index contributed by atoms with van der Waals surface area (Å²) in [7, 11) is 0. The molecule has 0 spiro atoms. The van der Waals surface area contributed by atoms with Crippen LogP contribution in [0.25, 0.3) is 0 Å². The lowest BCUT2D eigenvalue weighted by Crippen LogP contribution is -2.46. The summed E-state index contributed by atoms with van der Waals surface area (Å²) in [5, 5.41) is 0. The maximum atomic E-state index is 13.6. The molecule has 0 bridgehead atoms. The Morgan fingerprint density at radius 1 is 0.690 bits per heavy atom. The predicted octanol–water partition coefficient (Wildman–Crippen LogP) is 5.68. The third-order valence-electron chi connectivity index (χ3n) is 5.56. The smallest absolute Gasteiger partial charge is 0.123 e. The molecule has 1 saturated heterocycles. The monoisotopic (exact) mass is 392 g/mol. The van der Waals surface area contributed by atoms with E-state index in [0.29, 0.717) is 0 Å². The molecule has 1 heterocycles. The Labute approximate surface area is 171 Å². The van der Waals surface area contributed by atoms with Crippen LogP contribution in [0.15, 0.2) is 72.8 Å². The molecule has 1 aliphatic rings. The summed E-state index contributed by atoms with van der Waals surface area (Å²) < 4.78 is 26.9. The molecule has 1 atom stereocenters. The van der Waals surface area contributed by atoms with Crippen molar-refractivity contribution >= 4 is 0 Å². The fourth-order valence-electron chi connectivity index (χ4n) is 4.09. The maximum Gasteiger partial charge on any atom is 0.123 e. The van der Waals surface area contributed by atoms with Gasteiger partial charge in [0.25, 0.3) is 0 Å². The first-order valence-electron chi connectivity index (χ1n) is 10.1. The van der Waals surface area contributed by atoms with Gasteiger partial charge in [0.1, 0.15) is 11.6 Å². The SMILES string of the molecule is Cc1ccc(CN2CCCN(Cc3ccc(F)cc3)C2c2ccc(F)cc2)cc1. The van der Waals surface area contributed by atoms with Crippen molar-refractivity contribution in [2.75, 3.05) is 13.1 Å². The van der Waals surface area contributed by atoms with Crippen LogP contribution in [0, 0.1) is 18.6 Å². The summed E-state index contributed by atoms with van der Waals surface area (Å²) in [5.41, 5.74) is 4.68. The Hall–Kier alpha value is -2.56. The molecule has 2 nitrogen and oxygen atoms in total. The molecule has 1 unspecified atom stereocenters. The van der Waals surface area contributed by atoms with Crippen LogP contribution in [0.2, 0.25) is 0 Å². The minimum absolute atomic E-state index is 0.0516. The Kier molecular flexibility index (Phi) is 6.02. The van der Waals surface area contributed by atoms with E-state index in [1.165, 1.54) is 35.4 Å². The zero-order valence-corrected chi connectivity index (χ0v) is 16.7. The van der Waals surface area contributed by atoms with Gasteiger partial charge in [0, 0.05) is 26.2 Å². The summed E-state index contributed by atoms with van der Waals surface area (Å²) in [6.07, 6.45) is 1.11. The molecule has 4 rings (SSSR count). The predicted molar refractivity (Wildman–Crippen MR) is 112 cm³/mol. The second-order valence-electron chi connectivity index (χ2n) is 7.83. The average Bonchev–Trinajstić information content (AvgIpc) is 2.73. The Morgan fingerprint density at radius 2 is 1.14 bits per heavy atom. The lowest BCUT2D eigenvalue weighted by molar-refractivity contribution is -0.00913. The van der Waals surface area contributed by atoms with Crippen LogP contribution < -0.4 is 0 Å². The van der Waals surface area contributed by atoms with Crippen LogP contribution in [-0.2, 0) is 13.1 Å². The van der Waals surface area contributed by atoms with E-state index < -0.39 is 0 Å². The lowest BCUT2D eigenvalue weighted by atomic mass is 10.0. The van der Waals surface area contributed by atoms with Gasteiger partial charge in [0.15, 0.2) is 0 Å². The van der Waals surface area contributed by atoms with Gasteiger partial charge in [-0.05, 0) is 54.3 Å². The summed E-state index contributed by atoms with van der Waals surface area (Å²) in [6.45, 7) is 5.59. The van der Waals surface area contributed by atoms with Gasteiger partial charge in [0.2, 0.25) is 0 Å². The van der Waals surface area contributed by atoms with E-state index in [2.05, 4.69) is 41.0 Å². The van der Waals surface area contributed by atoms with Crippen molar-refractivity contribution in [1.82, 2.24) is 9.80 Å². The Balaban J connectivity index is 1.62. The van der Waals surface area contributed by atoms with E-state index in [4.69, 9.17) is 0 Å². The molecular formula is C25H26F2N2. The summed E-state index contributed by atoms with van der Waals surface area (Å²) in [6, 6.07) is 22.2. The molecule has 0 saturated carbocycles. The number of hydrogen-bond acceptors (Lipinski definition) is 2. The van der Waals surface area contributed by atoms with E-state index in [-0.39, 0.29) is 17.8 Å². The van der Waals surface area contributed by atoms with Crippen molar-refractivity contribution in [2.24, 2.45) is 0 Å². The Morgan fingerprint density at radius 3 is 1.66 bits per heavy atom. The zero-order chi connectivity index (χ0) is 20.2. The van der Waals surface area contributed by atoms with Crippen LogP contribution >= 0.6 is 0 Å². The van der Waals surface area contributed by atoms with E-state index in [9.17, 15) is 8.78 Å². The number of halogens is 2. The van der Waals surface area contributed by atoms with Crippen LogP contribution in [-0.4, -0.2) is 22.9 Å². The van der Waals surface area contributed by atoms with E-state index in [0.717, 1.165) is 43.7 Å². The molecular weight excluding hydrogens is 366 g/mol. The van der Waals surface area contributed by atoms with E-state index in [1.54, 1.807) is 0 Å². The highest BCUT2D eigenvalue weighted by atomic mass is 19.1. The molecule has 0 radical (unpaired) electrons. The van der Waals surface area contributed by atoms with Gasteiger partial charge < -0.3 is 0 Å². The van der Waals surface area contributed by atoms with Gasteiger partial charge >= 0.3 is 0 Å². The molecule has 1 fully saturated rings. The van der Waals surface area contributed by atoms with Crippen LogP contribution in [0.5, 0.6) is 0 Å². The van der Waals surface area contributed by atoms with Crippen LogP contribution in [0.3, 0.4) is 0 Å². The third-order valence-corrected chi connectivity index (χ3v) is 5.56. The molecule has 0 N–H and O–H groups in total. The molecule has 0 aliphatic carbocycles. The fourth-order valence-corrected chi connectivity index (χ4v) is 4.09. The number of nitrogens with zero attached hydrogens (tertiary/aromatic N) is 2. The van der Waals surface area contributed by atoms with Crippen molar-refractivity contribution in [1.29, 1.82) is 0 Å². The number of aryl methyl sites for hydroxylation is 1.